The van der Waals surface area contributed by atoms with Gasteiger partial charge in [0, 0.05) is 17.4 Å². The van der Waals surface area contributed by atoms with E-state index in [0.717, 1.165) is 34.8 Å². The molecule has 0 spiro atoms. The van der Waals surface area contributed by atoms with E-state index in [1.54, 1.807) is 11.6 Å². The van der Waals surface area contributed by atoms with E-state index in [1.807, 2.05) is 29.6 Å². The van der Waals surface area contributed by atoms with Crippen molar-refractivity contribution in [1.82, 2.24) is 14.6 Å². The van der Waals surface area contributed by atoms with E-state index in [4.69, 9.17) is 4.74 Å². The quantitative estimate of drug-likeness (QED) is 0.724. The van der Waals surface area contributed by atoms with Crippen molar-refractivity contribution >= 4 is 28.2 Å². The third kappa shape index (κ3) is 3.58. The zero-order chi connectivity index (χ0) is 17.9. The highest BCUT2D eigenvalue weighted by Gasteiger charge is 2.19. The molecule has 1 amide bonds. The van der Waals surface area contributed by atoms with Crippen LogP contribution in [-0.4, -0.2) is 27.6 Å². The summed E-state index contributed by atoms with van der Waals surface area (Å²) in [6.45, 7) is 0. The summed E-state index contributed by atoms with van der Waals surface area (Å²) in [7, 11) is 1.65. The number of aromatic nitrogens is 3. The number of ether oxygens (including phenoxy) is 1. The molecular weight excluding hydrogens is 348 g/mol. The fourth-order valence-corrected chi connectivity index (χ4v) is 4.38. The topological polar surface area (TPSA) is 68.5 Å². The standard InChI is InChI=1S/C19H22N4O2S/c1-25-15-9-5-8-14(11-15)16-12-26-19-21-18(22-23(16)19)20-17(24)10-13-6-3-2-4-7-13/h5,8-9,11-13H,2-4,6-7,10H2,1H3,(H,20,22,24). The Bertz CT molecular complexity index is 911. The van der Waals surface area contributed by atoms with Crippen LogP contribution in [0.15, 0.2) is 29.6 Å². The van der Waals surface area contributed by atoms with Crippen LogP contribution in [0.4, 0.5) is 5.95 Å². The van der Waals surface area contributed by atoms with Gasteiger partial charge >= 0.3 is 0 Å². The number of benzene rings is 1. The predicted molar refractivity (Wildman–Crippen MR) is 103 cm³/mol. The zero-order valence-electron chi connectivity index (χ0n) is 14.8. The molecule has 4 rings (SSSR count). The average molecular weight is 370 g/mol. The number of carbonyl (C=O) groups is 1. The van der Waals surface area contributed by atoms with Crippen LogP contribution in [-0.2, 0) is 4.79 Å². The molecule has 6 nitrogen and oxygen atoms in total. The van der Waals surface area contributed by atoms with Crippen LogP contribution < -0.4 is 10.1 Å². The molecule has 1 aliphatic rings. The average Bonchev–Trinajstić information content (AvgIpc) is 3.22. The number of nitrogens with zero attached hydrogens (tertiary/aromatic N) is 3. The van der Waals surface area contributed by atoms with E-state index in [1.165, 1.54) is 30.6 Å². The van der Waals surface area contributed by atoms with Gasteiger partial charge in [-0.2, -0.15) is 4.98 Å². The van der Waals surface area contributed by atoms with Gasteiger partial charge in [-0.15, -0.1) is 16.4 Å². The number of anilines is 1. The van der Waals surface area contributed by atoms with Crippen LogP contribution in [0.25, 0.3) is 16.2 Å². The van der Waals surface area contributed by atoms with Crippen molar-refractivity contribution in [1.29, 1.82) is 0 Å². The molecule has 1 aliphatic carbocycles. The fourth-order valence-electron chi connectivity index (χ4n) is 3.54. The molecule has 2 aromatic heterocycles. The molecule has 0 aliphatic heterocycles. The Morgan fingerprint density at radius 1 is 1.35 bits per heavy atom. The lowest BCUT2D eigenvalue weighted by Crippen LogP contribution is -2.19. The molecule has 3 aromatic rings. The molecule has 1 N–H and O–H groups in total. The van der Waals surface area contributed by atoms with E-state index in [9.17, 15) is 4.79 Å². The van der Waals surface area contributed by atoms with Crippen LogP contribution in [0.5, 0.6) is 5.75 Å². The minimum absolute atomic E-state index is 0.0121. The minimum Gasteiger partial charge on any atom is -0.497 e. The van der Waals surface area contributed by atoms with Crippen LogP contribution >= 0.6 is 11.3 Å². The lowest BCUT2D eigenvalue weighted by Gasteiger charge is -2.20. The number of carbonyl (C=O) groups excluding carboxylic acids is 1. The molecule has 1 saturated carbocycles. The Balaban J connectivity index is 1.51. The molecule has 1 aromatic carbocycles. The Labute approximate surface area is 156 Å². The van der Waals surface area contributed by atoms with Crippen molar-refractivity contribution in [3.05, 3.63) is 29.6 Å². The summed E-state index contributed by atoms with van der Waals surface area (Å²) in [6.07, 6.45) is 6.64. The second-order valence-corrected chi connectivity index (χ2v) is 7.58. The van der Waals surface area contributed by atoms with Gasteiger partial charge in [-0.3, -0.25) is 10.1 Å². The van der Waals surface area contributed by atoms with Crippen LogP contribution in [0.1, 0.15) is 38.5 Å². The van der Waals surface area contributed by atoms with E-state index in [2.05, 4.69) is 15.4 Å². The van der Waals surface area contributed by atoms with Gasteiger partial charge in [0.05, 0.1) is 12.8 Å². The van der Waals surface area contributed by atoms with Crippen molar-refractivity contribution in [2.75, 3.05) is 12.4 Å². The van der Waals surface area contributed by atoms with Crippen LogP contribution in [0, 0.1) is 5.92 Å². The third-order valence-corrected chi connectivity index (χ3v) is 5.71. The molecule has 0 unspecified atom stereocenters. The fraction of sp³-hybridized carbons (Fsp3) is 0.421. The van der Waals surface area contributed by atoms with Gasteiger partial charge in [0.2, 0.25) is 16.8 Å². The van der Waals surface area contributed by atoms with Gasteiger partial charge in [0.25, 0.3) is 0 Å². The van der Waals surface area contributed by atoms with Crippen molar-refractivity contribution in [2.45, 2.75) is 38.5 Å². The summed E-state index contributed by atoms with van der Waals surface area (Å²) in [5, 5.41) is 9.36. The summed E-state index contributed by atoms with van der Waals surface area (Å²) in [5.41, 5.74) is 1.93. The van der Waals surface area contributed by atoms with E-state index in [0.29, 0.717) is 18.3 Å². The Hall–Kier alpha value is -2.41. The molecule has 7 heteroatoms. The SMILES string of the molecule is COc1cccc(-c2csc3nc(NC(=O)CC4CCCCC4)nn23)c1. The molecule has 0 saturated heterocycles. The van der Waals surface area contributed by atoms with Gasteiger partial charge < -0.3 is 4.74 Å². The summed E-state index contributed by atoms with van der Waals surface area (Å²) < 4.78 is 7.07. The maximum absolute atomic E-state index is 12.3. The Morgan fingerprint density at radius 3 is 3.00 bits per heavy atom. The summed E-state index contributed by atoms with van der Waals surface area (Å²) in [4.78, 5) is 17.5. The van der Waals surface area contributed by atoms with Crippen LogP contribution in [0.2, 0.25) is 0 Å². The van der Waals surface area contributed by atoms with Crippen molar-refractivity contribution in [3.63, 3.8) is 0 Å². The van der Waals surface area contributed by atoms with Gasteiger partial charge in [0.15, 0.2) is 0 Å². The van der Waals surface area contributed by atoms with Gasteiger partial charge in [-0.1, -0.05) is 31.4 Å². The minimum atomic E-state index is 0.0121. The van der Waals surface area contributed by atoms with Crippen molar-refractivity contribution in [3.8, 4) is 17.0 Å². The summed E-state index contributed by atoms with van der Waals surface area (Å²) in [6, 6.07) is 7.82. The molecular formula is C19H22N4O2S. The number of hydrogen-bond acceptors (Lipinski definition) is 5. The Morgan fingerprint density at radius 2 is 2.19 bits per heavy atom. The highest BCUT2D eigenvalue weighted by molar-refractivity contribution is 7.15. The highest BCUT2D eigenvalue weighted by Crippen LogP contribution is 2.29. The smallest absolute Gasteiger partial charge is 0.250 e. The maximum atomic E-state index is 12.3. The Kier molecular flexibility index (Phi) is 4.88. The van der Waals surface area contributed by atoms with E-state index in [-0.39, 0.29) is 5.91 Å². The lowest BCUT2D eigenvalue weighted by atomic mass is 9.87. The van der Waals surface area contributed by atoms with Crippen molar-refractivity contribution < 1.29 is 9.53 Å². The molecule has 0 radical (unpaired) electrons. The molecule has 1 fully saturated rings. The summed E-state index contributed by atoms with van der Waals surface area (Å²) >= 11 is 1.50. The first-order valence-electron chi connectivity index (χ1n) is 9.01. The highest BCUT2D eigenvalue weighted by atomic mass is 32.1. The lowest BCUT2D eigenvalue weighted by molar-refractivity contribution is -0.117. The second-order valence-electron chi connectivity index (χ2n) is 6.74. The van der Waals surface area contributed by atoms with Crippen LogP contribution in [0.3, 0.4) is 0 Å². The maximum Gasteiger partial charge on any atom is 0.250 e. The van der Waals surface area contributed by atoms with Crippen molar-refractivity contribution in [2.24, 2.45) is 5.92 Å². The zero-order valence-corrected chi connectivity index (χ0v) is 15.6. The molecule has 26 heavy (non-hydrogen) atoms. The largest absolute Gasteiger partial charge is 0.497 e. The number of methoxy groups -OCH3 is 1. The number of rotatable bonds is 5. The molecule has 2 heterocycles. The molecule has 0 atom stereocenters. The second kappa shape index (κ2) is 7.45. The third-order valence-electron chi connectivity index (χ3n) is 4.90. The van der Waals surface area contributed by atoms with E-state index >= 15 is 0 Å². The first-order chi connectivity index (χ1) is 12.7. The van der Waals surface area contributed by atoms with Gasteiger partial charge in [-0.25, -0.2) is 4.52 Å². The first kappa shape index (κ1) is 17.0. The molecule has 136 valence electrons. The number of fused-ring (bicyclic) bond motifs is 1. The van der Waals surface area contributed by atoms with Gasteiger partial charge in [0.1, 0.15) is 5.75 Å². The summed E-state index contributed by atoms with van der Waals surface area (Å²) in [5.74, 6) is 1.68. The normalized spacial score (nSPS) is 15.3. The predicted octanol–water partition coefficient (Wildman–Crippen LogP) is 4.38. The van der Waals surface area contributed by atoms with Gasteiger partial charge in [-0.05, 0) is 30.9 Å². The number of nitrogens with one attached hydrogen (secondary N) is 1. The monoisotopic (exact) mass is 370 g/mol. The number of amides is 1. The number of hydrogen-bond donors (Lipinski definition) is 1. The number of thiazole rings is 1. The first-order valence-corrected chi connectivity index (χ1v) is 9.89. The molecule has 0 bridgehead atoms. The van der Waals surface area contributed by atoms with E-state index < -0.39 is 0 Å².